The van der Waals surface area contributed by atoms with Crippen LogP contribution in [0.25, 0.3) is 0 Å². The van der Waals surface area contributed by atoms with Crippen molar-refractivity contribution in [1.82, 2.24) is 10.2 Å². The second-order valence-corrected chi connectivity index (χ2v) is 8.26. The average molecular weight is 278 g/mol. The lowest BCUT2D eigenvalue weighted by molar-refractivity contribution is 0.0644. The van der Waals surface area contributed by atoms with E-state index in [1.807, 2.05) is 0 Å². The van der Waals surface area contributed by atoms with Gasteiger partial charge < -0.3 is 5.32 Å². The number of nitrogens with zero attached hydrogens (tertiary/aromatic N) is 1. The van der Waals surface area contributed by atoms with Crippen molar-refractivity contribution in [3.05, 3.63) is 0 Å². The van der Waals surface area contributed by atoms with Crippen LogP contribution in [-0.4, -0.2) is 36.6 Å². The van der Waals surface area contributed by atoms with E-state index >= 15 is 0 Å². The molecule has 4 unspecified atom stereocenters. The zero-order valence-electron chi connectivity index (χ0n) is 13.8. The molecule has 1 N–H and O–H groups in total. The smallest absolute Gasteiger partial charge is 0.0244 e. The molecule has 2 nitrogen and oxygen atoms in total. The minimum absolute atomic E-state index is 0.766. The highest BCUT2D eigenvalue weighted by Gasteiger charge is 2.38. The maximum Gasteiger partial charge on any atom is 0.0244 e. The van der Waals surface area contributed by atoms with Crippen molar-refractivity contribution in [3.63, 3.8) is 0 Å². The molecule has 0 aromatic carbocycles. The lowest BCUT2D eigenvalue weighted by Crippen LogP contribution is -2.59. The van der Waals surface area contributed by atoms with Crippen molar-refractivity contribution in [1.29, 1.82) is 0 Å². The van der Waals surface area contributed by atoms with Gasteiger partial charge >= 0.3 is 0 Å². The zero-order chi connectivity index (χ0) is 14.1. The first-order valence-electron chi connectivity index (χ1n) is 9.11. The van der Waals surface area contributed by atoms with E-state index in [1.165, 1.54) is 58.2 Å². The van der Waals surface area contributed by atoms with Crippen LogP contribution in [0.1, 0.15) is 59.3 Å². The number of nitrogens with one attached hydrogen (secondary N) is 1. The Labute approximate surface area is 125 Å². The first kappa shape index (κ1) is 14.8. The Morgan fingerprint density at radius 1 is 1.15 bits per heavy atom. The summed E-state index contributed by atoms with van der Waals surface area (Å²) in [5.41, 5.74) is 0. The van der Waals surface area contributed by atoms with Gasteiger partial charge in [-0.1, -0.05) is 33.6 Å². The van der Waals surface area contributed by atoms with Crippen molar-refractivity contribution in [2.75, 3.05) is 19.6 Å². The molecule has 3 rings (SSSR count). The van der Waals surface area contributed by atoms with Gasteiger partial charge in [-0.25, -0.2) is 0 Å². The lowest BCUT2D eigenvalue weighted by atomic mass is 9.81. The average Bonchev–Trinajstić information content (AvgIpc) is 3.22. The predicted molar refractivity (Wildman–Crippen MR) is 85.8 cm³/mol. The highest BCUT2D eigenvalue weighted by atomic mass is 15.2. The first-order chi connectivity index (χ1) is 9.63. The van der Waals surface area contributed by atoms with Crippen LogP contribution in [0, 0.1) is 23.7 Å². The Kier molecular flexibility index (Phi) is 4.72. The van der Waals surface area contributed by atoms with Gasteiger partial charge in [-0.15, -0.1) is 0 Å². The summed E-state index contributed by atoms with van der Waals surface area (Å²) in [5, 5.41) is 3.85. The maximum atomic E-state index is 3.85. The Balaban J connectivity index is 1.59. The van der Waals surface area contributed by atoms with Crippen LogP contribution >= 0.6 is 0 Å². The van der Waals surface area contributed by atoms with Crippen LogP contribution in [0.2, 0.25) is 0 Å². The van der Waals surface area contributed by atoms with E-state index in [0.29, 0.717) is 0 Å². The van der Waals surface area contributed by atoms with Gasteiger partial charge in [0.05, 0.1) is 0 Å². The predicted octanol–water partition coefficient (Wildman–Crippen LogP) is 3.52. The fourth-order valence-corrected chi connectivity index (χ4v) is 4.59. The molecular weight excluding hydrogens is 244 g/mol. The maximum absolute atomic E-state index is 3.85. The number of rotatable bonds is 4. The zero-order valence-corrected chi connectivity index (χ0v) is 13.8. The van der Waals surface area contributed by atoms with Crippen LogP contribution < -0.4 is 5.32 Å². The van der Waals surface area contributed by atoms with Crippen LogP contribution in [0.3, 0.4) is 0 Å². The minimum Gasteiger partial charge on any atom is -0.311 e. The molecule has 2 saturated carbocycles. The van der Waals surface area contributed by atoms with Gasteiger partial charge in [0.15, 0.2) is 0 Å². The molecule has 2 aliphatic carbocycles. The number of hydrogen-bond acceptors (Lipinski definition) is 2. The van der Waals surface area contributed by atoms with Crippen molar-refractivity contribution >= 4 is 0 Å². The molecular formula is C18H34N2. The monoisotopic (exact) mass is 278 g/mol. The van der Waals surface area contributed by atoms with Crippen LogP contribution in [-0.2, 0) is 0 Å². The normalized spacial score (nSPS) is 40.2. The molecule has 0 spiro atoms. The quantitative estimate of drug-likeness (QED) is 0.846. The number of hydrogen-bond donors (Lipinski definition) is 1. The number of piperazine rings is 1. The molecule has 4 atom stereocenters. The minimum atomic E-state index is 0.766. The molecule has 3 fully saturated rings. The summed E-state index contributed by atoms with van der Waals surface area (Å²) in [6.07, 6.45) is 8.83. The molecule has 0 aromatic heterocycles. The Morgan fingerprint density at radius 2 is 1.95 bits per heavy atom. The van der Waals surface area contributed by atoms with Crippen LogP contribution in [0.15, 0.2) is 0 Å². The molecule has 0 bridgehead atoms. The molecule has 1 aliphatic heterocycles. The lowest BCUT2D eigenvalue weighted by Gasteiger charge is -2.45. The molecule has 3 aliphatic rings. The summed E-state index contributed by atoms with van der Waals surface area (Å²) < 4.78 is 0. The summed E-state index contributed by atoms with van der Waals surface area (Å²) in [6, 6.07) is 1.56. The van der Waals surface area contributed by atoms with E-state index in [9.17, 15) is 0 Å². The third kappa shape index (κ3) is 3.57. The third-order valence-corrected chi connectivity index (χ3v) is 5.99. The highest BCUT2D eigenvalue weighted by Crippen LogP contribution is 2.36. The standard InChI is InChI=1S/C18H34N2/c1-13(2)18-10-19-17(16-7-8-16)12-20(18)11-15-6-4-5-14(3)9-15/h13-19H,4-12H2,1-3H3. The van der Waals surface area contributed by atoms with Gasteiger partial charge in [-0.05, 0) is 49.4 Å². The van der Waals surface area contributed by atoms with Gasteiger partial charge in [-0.2, -0.15) is 0 Å². The van der Waals surface area contributed by atoms with E-state index in [1.54, 1.807) is 0 Å². The third-order valence-electron chi connectivity index (χ3n) is 5.99. The van der Waals surface area contributed by atoms with Crippen LogP contribution in [0.4, 0.5) is 0 Å². The summed E-state index contributed by atoms with van der Waals surface area (Å²) in [4.78, 5) is 2.87. The summed E-state index contributed by atoms with van der Waals surface area (Å²) in [7, 11) is 0. The fraction of sp³-hybridized carbons (Fsp3) is 1.00. The van der Waals surface area contributed by atoms with E-state index in [4.69, 9.17) is 0 Å². The van der Waals surface area contributed by atoms with Gasteiger partial charge in [0.1, 0.15) is 0 Å². The SMILES string of the molecule is CC1CCCC(CN2CC(C3CC3)NCC2C(C)C)C1. The summed E-state index contributed by atoms with van der Waals surface area (Å²) in [6.45, 7) is 11.2. The molecule has 0 aromatic rings. The first-order valence-corrected chi connectivity index (χ1v) is 9.11. The molecule has 1 heterocycles. The molecule has 2 heteroatoms. The largest absolute Gasteiger partial charge is 0.311 e. The molecule has 0 amide bonds. The van der Waals surface area contributed by atoms with Crippen molar-refractivity contribution in [2.24, 2.45) is 23.7 Å². The molecule has 1 saturated heterocycles. The van der Waals surface area contributed by atoms with E-state index in [2.05, 4.69) is 31.0 Å². The van der Waals surface area contributed by atoms with Gasteiger partial charge in [0.2, 0.25) is 0 Å². The molecule has 0 radical (unpaired) electrons. The summed E-state index contributed by atoms with van der Waals surface area (Å²) in [5.74, 6) is 3.71. The highest BCUT2D eigenvalue weighted by molar-refractivity contribution is 4.95. The Bertz CT molecular complexity index is 311. The summed E-state index contributed by atoms with van der Waals surface area (Å²) >= 11 is 0. The molecule has 116 valence electrons. The van der Waals surface area contributed by atoms with Crippen molar-refractivity contribution in [3.8, 4) is 0 Å². The van der Waals surface area contributed by atoms with Gasteiger partial charge in [0, 0.05) is 31.7 Å². The fourth-order valence-electron chi connectivity index (χ4n) is 4.59. The van der Waals surface area contributed by atoms with E-state index in [-0.39, 0.29) is 0 Å². The van der Waals surface area contributed by atoms with Crippen molar-refractivity contribution < 1.29 is 0 Å². The molecule has 20 heavy (non-hydrogen) atoms. The Hall–Kier alpha value is -0.0800. The second-order valence-electron chi connectivity index (χ2n) is 8.26. The second kappa shape index (κ2) is 6.36. The van der Waals surface area contributed by atoms with Crippen molar-refractivity contribution in [2.45, 2.75) is 71.4 Å². The topological polar surface area (TPSA) is 15.3 Å². The van der Waals surface area contributed by atoms with Gasteiger partial charge in [0.25, 0.3) is 0 Å². The van der Waals surface area contributed by atoms with Crippen LogP contribution in [0.5, 0.6) is 0 Å². The van der Waals surface area contributed by atoms with Gasteiger partial charge in [-0.3, -0.25) is 4.90 Å². The Morgan fingerprint density at radius 3 is 2.60 bits per heavy atom. The van der Waals surface area contributed by atoms with E-state index in [0.717, 1.165) is 35.8 Å². The van der Waals surface area contributed by atoms with E-state index < -0.39 is 0 Å².